The van der Waals surface area contributed by atoms with Gasteiger partial charge in [0.25, 0.3) is 0 Å². The summed E-state index contributed by atoms with van der Waals surface area (Å²) in [6.07, 6.45) is 4.08. The average molecular weight is 198 g/mol. The fourth-order valence-electron chi connectivity index (χ4n) is 2.20. The molecule has 2 nitrogen and oxygen atoms in total. The van der Waals surface area contributed by atoms with E-state index < -0.39 is 0 Å². The second-order valence-electron chi connectivity index (χ2n) is 4.62. The lowest BCUT2D eigenvalue weighted by Gasteiger charge is -2.25. The van der Waals surface area contributed by atoms with Crippen LogP contribution in [0.25, 0.3) is 0 Å². The largest absolute Gasteiger partial charge is 0.304 e. The molecule has 0 radical (unpaired) electrons. The molecule has 0 aromatic carbocycles. The summed E-state index contributed by atoms with van der Waals surface area (Å²) in [4.78, 5) is 5.21. The zero-order valence-corrected chi connectivity index (χ0v) is 10.1. The van der Waals surface area contributed by atoms with Crippen molar-refractivity contribution >= 4 is 0 Å². The minimum absolute atomic E-state index is 0.725. The van der Waals surface area contributed by atoms with Crippen LogP contribution in [-0.2, 0) is 0 Å². The fourth-order valence-corrected chi connectivity index (χ4v) is 2.20. The van der Waals surface area contributed by atoms with Gasteiger partial charge in [-0.3, -0.25) is 0 Å². The Hall–Kier alpha value is -0.0800. The second-order valence-corrected chi connectivity index (χ2v) is 4.62. The van der Waals surface area contributed by atoms with Crippen LogP contribution in [0.5, 0.6) is 0 Å². The normalized spacial score (nSPS) is 23.1. The molecular weight excluding hydrogens is 172 g/mol. The first kappa shape index (κ1) is 12.0. The number of rotatable bonds is 2. The molecule has 0 unspecified atom stereocenters. The van der Waals surface area contributed by atoms with E-state index in [2.05, 4.69) is 30.6 Å². The number of hydrogen-bond donors (Lipinski definition) is 0. The third kappa shape index (κ3) is 3.97. The lowest BCUT2D eigenvalue weighted by molar-refractivity contribution is 0.215. The van der Waals surface area contributed by atoms with Crippen molar-refractivity contribution in [3.8, 4) is 0 Å². The van der Waals surface area contributed by atoms with E-state index in [0.717, 1.165) is 6.04 Å². The van der Waals surface area contributed by atoms with Crippen LogP contribution in [0.1, 0.15) is 40.0 Å². The first-order valence-corrected chi connectivity index (χ1v) is 6.20. The van der Waals surface area contributed by atoms with Crippen LogP contribution in [-0.4, -0.2) is 48.6 Å². The van der Waals surface area contributed by atoms with E-state index in [0.29, 0.717) is 0 Å². The lowest BCUT2D eigenvalue weighted by atomic mass is 10.2. The maximum Gasteiger partial charge on any atom is 0.00385 e. The summed E-state index contributed by atoms with van der Waals surface area (Å²) < 4.78 is 0. The highest BCUT2D eigenvalue weighted by atomic mass is 15.2. The summed E-state index contributed by atoms with van der Waals surface area (Å²) in [5.74, 6) is 0. The maximum atomic E-state index is 2.62. The molecule has 14 heavy (non-hydrogen) atoms. The molecule has 1 heterocycles. The van der Waals surface area contributed by atoms with Crippen LogP contribution in [0.15, 0.2) is 0 Å². The Bertz CT molecular complexity index is 145. The van der Waals surface area contributed by atoms with Gasteiger partial charge >= 0.3 is 0 Å². The standard InChI is InChI=1S/C12H26N2/c1-4-13-8-5-6-10-14(12(2)3)11-7-9-13/h12H,4-11H2,1-3H3. The van der Waals surface area contributed by atoms with E-state index in [1.165, 1.54) is 52.0 Å². The van der Waals surface area contributed by atoms with Gasteiger partial charge in [-0.1, -0.05) is 6.92 Å². The van der Waals surface area contributed by atoms with Crippen molar-refractivity contribution in [3.63, 3.8) is 0 Å². The van der Waals surface area contributed by atoms with Crippen molar-refractivity contribution in [1.29, 1.82) is 0 Å². The molecule has 0 aromatic rings. The molecule has 1 saturated heterocycles. The van der Waals surface area contributed by atoms with Gasteiger partial charge in [-0.05, 0) is 65.8 Å². The lowest BCUT2D eigenvalue weighted by Crippen LogP contribution is -2.33. The first-order chi connectivity index (χ1) is 6.74. The van der Waals surface area contributed by atoms with Gasteiger partial charge in [-0.25, -0.2) is 0 Å². The molecular formula is C12H26N2. The molecule has 0 aromatic heterocycles. The van der Waals surface area contributed by atoms with E-state index in [1.807, 2.05) is 0 Å². The average Bonchev–Trinajstić information content (AvgIpc) is 2.28. The van der Waals surface area contributed by atoms with E-state index >= 15 is 0 Å². The van der Waals surface area contributed by atoms with Crippen LogP contribution >= 0.6 is 0 Å². The summed E-state index contributed by atoms with van der Waals surface area (Å²) in [5.41, 5.74) is 0. The molecule has 0 spiro atoms. The monoisotopic (exact) mass is 198 g/mol. The highest BCUT2D eigenvalue weighted by Gasteiger charge is 2.12. The first-order valence-electron chi connectivity index (χ1n) is 6.20. The van der Waals surface area contributed by atoms with Crippen molar-refractivity contribution in [1.82, 2.24) is 9.80 Å². The molecule has 0 amide bonds. The van der Waals surface area contributed by atoms with Crippen LogP contribution in [0, 0.1) is 0 Å². The van der Waals surface area contributed by atoms with Crippen LogP contribution in [0.3, 0.4) is 0 Å². The van der Waals surface area contributed by atoms with Gasteiger partial charge in [0, 0.05) is 6.04 Å². The molecule has 84 valence electrons. The molecule has 1 fully saturated rings. The Kier molecular flexibility index (Phi) is 5.49. The molecule has 2 heteroatoms. The molecule has 0 aliphatic carbocycles. The van der Waals surface area contributed by atoms with E-state index in [4.69, 9.17) is 0 Å². The van der Waals surface area contributed by atoms with Crippen molar-refractivity contribution in [2.75, 3.05) is 32.7 Å². The highest BCUT2D eigenvalue weighted by Crippen LogP contribution is 2.07. The molecule has 0 atom stereocenters. The Morgan fingerprint density at radius 2 is 1.50 bits per heavy atom. The van der Waals surface area contributed by atoms with E-state index in [1.54, 1.807) is 0 Å². The van der Waals surface area contributed by atoms with Gasteiger partial charge in [-0.15, -0.1) is 0 Å². The predicted molar refractivity (Wildman–Crippen MR) is 62.7 cm³/mol. The Balaban J connectivity index is 2.35. The van der Waals surface area contributed by atoms with Gasteiger partial charge in [-0.2, -0.15) is 0 Å². The molecule has 1 aliphatic rings. The van der Waals surface area contributed by atoms with Crippen molar-refractivity contribution in [2.24, 2.45) is 0 Å². The minimum atomic E-state index is 0.725. The summed E-state index contributed by atoms with van der Waals surface area (Å²) >= 11 is 0. The van der Waals surface area contributed by atoms with Crippen molar-refractivity contribution in [2.45, 2.75) is 46.1 Å². The zero-order valence-electron chi connectivity index (χ0n) is 10.1. The van der Waals surface area contributed by atoms with E-state index in [-0.39, 0.29) is 0 Å². The van der Waals surface area contributed by atoms with Crippen LogP contribution in [0.4, 0.5) is 0 Å². The summed E-state index contributed by atoms with van der Waals surface area (Å²) in [5, 5.41) is 0. The summed E-state index contributed by atoms with van der Waals surface area (Å²) in [6, 6.07) is 0.725. The number of hydrogen-bond acceptors (Lipinski definition) is 2. The van der Waals surface area contributed by atoms with E-state index in [9.17, 15) is 0 Å². The molecule has 0 bridgehead atoms. The SMILES string of the molecule is CCN1CCCCN(C(C)C)CCC1. The van der Waals surface area contributed by atoms with Crippen LogP contribution < -0.4 is 0 Å². The smallest absolute Gasteiger partial charge is 0.00385 e. The number of nitrogens with zero attached hydrogens (tertiary/aromatic N) is 2. The molecule has 0 saturated carbocycles. The van der Waals surface area contributed by atoms with Gasteiger partial charge in [0.2, 0.25) is 0 Å². The molecule has 1 aliphatic heterocycles. The zero-order chi connectivity index (χ0) is 10.4. The summed E-state index contributed by atoms with van der Waals surface area (Å²) in [7, 11) is 0. The van der Waals surface area contributed by atoms with Gasteiger partial charge in [0.1, 0.15) is 0 Å². The van der Waals surface area contributed by atoms with Crippen molar-refractivity contribution < 1.29 is 0 Å². The van der Waals surface area contributed by atoms with Gasteiger partial charge in [0.15, 0.2) is 0 Å². The Morgan fingerprint density at radius 1 is 0.929 bits per heavy atom. The topological polar surface area (TPSA) is 6.48 Å². The third-order valence-electron chi connectivity index (χ3n) is 3.27. The Morgan fingerprint density at radius 3 is 2.14 bits per heavy atom. The highest BCUT2D eigenvalue weighted by molar-refractivity contribution is 4.68. The second kappa shape index (κ2) is 6.41. The minimum Gasteiger partial charge on any atom is -0.304 e. The van der Waals surface area contributed by atoms with Crippen LogP contribution in [0.2, 0.25) is 0 Å². The maximum absolute atomic E-state index is 2.62. The fraction of sp³-hybridized carbons (Fsp3) is 1.00. The molecule has 0 N–H and O–H groups in total. The van der Waals surface area contributed by atoms with Crippen molar-refractivity contribution in [3.05, 3.63) is 0 Å². The third-order valence-corrected chi connectivity index (χ3v) is 3.27. The Labute approximate surface area is 89.3 Å². The van der Waals surface area contributed by atoms with Gasteiger partial charge < -0.3 is 9.80 Å². The molecule has 1 rings (SSSR count). The predicted octanol–water partition coefficient (Wildman–Crippen LogP) is 2.20. The quantitative estimate of drug-likeness (QED) is 0.671. The van der Waals surface area contributed by atoms with Gasteiger partial charge in [0.05, 0.1) is 0 Å². The summed E-state index contributed by atoms with van der Waals surface area (Å²) in [6.45, 7) is 13.3.